The second-order valence-corrected chi connectivity index (χ2v) is 13.7. The first-order valence-electron chi connectivity index (χ1n) is 14.4. The topological polar surface area (TPSA) is 115 Å². The molecule has 3 aliphatic rings. The van der Waals surface area contributed by atoms with E-state index in [1.807, 2.05) is 36.0 Å². The van der Waals surface area contributed by atoms with Crippen LogP contribution in [0.25, 0.3) is 0 Å². The smallest absolute Gasteiger partial charge is 0.271 e. The molecular weight excluding hydrogens is 620 g/mol. The number of methoxy groups -OCH3 is 1. The number of ether oxygens (including phenoxy) is 3. The van der Waals surface area contributed by atoms with Crippen LogP contribution in [0.2, 0.25) is 5.02 Å². The summed E-state index contributed by atoms with van der Waals surface area (Å²) >= 11 is 6.65. The van der Waals surface area contributed by atoms with Gasteiger partial charge in [-0.2, -0.15) is 0 Å². The molecule has 0 radical (unpaired) electrons. The van der Waals surface area contributed by atoms with Crippen LogP contribution < -0.4 is 18.5 Å². The quantitative estimate of drug-likeness (QED) is 0.260. The molecule has 45 heavy (non-hydrogen) atoms. The fourth-order valence-corrected chi connectivity index (χ4v) is 8.38. The van der Waals surface area contributed by atoms with E-state index in [9.17, 15) is 8.42 Å². The lowest BCUT2D eigenvalue weighted by Crippen LogP contribution is -2.54. The molecule has 13 heteroatoms. The number of carbonyl (C=O) groups excluding carboxylic acids is 1. The number of fused-ring (bicyclic) bond motifs is 2. The Morgan fingerprint density at radius 1 is 1.09 bits per heavy atom. The Hall–Kier alpha value is -4.10. The van der Waals surface area contributed by atoms with Crippen molar-refractivity contribution in [2.45, 2.75) is 35.9 Å². The first kappa shape index (κ1) is 29.6. The van der Waals surface area contributed by atoms with Gasteiger partial charge in [0, 0.05) is 29.2 Å². The lowest BCUT2D eigenvalue weighted by atomic mass is 9.80. The van der Waals surface area contributed by atoms with Gasteiger partial charge in [0.1, 0.15) is 12.0 Å². The third-order valence-corrected chi connectivity index (χ3v) is 10.4. The number of halogens is 1. The molecule has 4 aromatic rings. The molecule has 1 amide bonds. The van der Waals surface area contributed by atoms with Gasteiger partial charge in [-0.15, -0.1) is 0 Å². The summed E-state index contributed by atoms with van der Waals surface area (Å²) in [5.41, 5.74) is 0.237. The highest BCUT2D eigenvalue weighted by molar-refractivity contribution is 7.93. The van der Waals surface area contributed by atoms with Crippen molar-refractivity contribution in [1.29, 1.82) is 0 Å². The fourth-order valence-electron chi connectivity index (χ4n) is 6.75. The van der Waals surface area contributed by atoms with Gasteiger partial charge in [0.15, 0.2) is 17.0 Å². The van der Waals surface area contributed by atoms with Gasteiger partial charge in [-0.05, 0) is 87.1 Å². The molecule has 0 spiro atoms. The van der Waals surface area contributed by atoms with Crippen LogP contribution in [-0.4, -0.2) is 63.7 Å². The number of hydrogen-bond acceptors (Lipinski definition) is 10. The van der Waals surface area contributed by atoms with E-state index in [0.717, 1.165) is 9.87 Å². The third-order valence-electron chi connectivity index (χ3n) is 8.50. The second-order valence-electron chi connectivity index (χ2n) is 11.5. The maximum Gasteiger partial charge on any atom is 0.271 e. The molecule has 234 valence electrons. The van der Waals surface area contributed by atoms with E-state index in [0.29, 0.717) is 65.2 Å². The van der Waals surface area contributed by atoms with Gasteiger partial charge in [-0.3, -0.25) is 9.69 Å². The van der Waals surface area contributed by atoms with Gasteiger partial charge in [-0.25, -0.2) is 17.7 Å². The predicted octanol–water partition coefficient (Wildman–Crippen LogP) is 4.94. The summed E-state index contributed by atoms with van der Waals surface area (Å²) < 4.78 is 52.9. The largest absolute Gasteiger partial charge is 0.497 e. The Morgan fingerprint density at radius 2 is 1.89 bits per heavy atom. The van der Waals surface area contributed by atoms with Crippen LogP contribution in [0.4, 0.5) is 5.69 Å². The van der Waals surface area contributed by atoms with Crippen molar-refractivity contribution >= 4 is 33.2 Å². The average molecular weight is 651 g/mol. The molecule has 7 rings (SSSR count). The number of amides is 1. The van der Waals surface area contributed by atoms with Crippen LogP contribution in [0.3, 0.4) is 0 Å². The molecule has 1 fully saturated rings. The molecule has 1 aromatic heterocycles. The molecule has 0 bridgehead atoms. The van der Waals surface area contributed by atoms with Gasteiger partial charge < -0.3 is 23.5 Å². The zero-order chi connectivity index (χ0) is 31.5. The summed E-state index contributed by atoms with van der Waals surface area (Å²) in [7, 11) is 0.959. The van der Waals surface area contributed by atoms with Crippen molar-refractivity contribution in [2.24, 2.45) is 0 Å². The van der Waals surface area contributed by atoms with Crippen molar-refractivity contribution in [3.63, 3.8) is 0 Å². The van der Waals surface area contributed by atoms with E-state index in [2.05, 4.69) is 4.98 Å². The highest BCUT2D eigenvalue weighted by Crippen LogP contribution is 2.58. The first-order valence-corrected chi connectivity index (χ1v) is 16.3. The van der Waals surface area contributed by atoms with Crippen LogP contribution in [0.15, 0.2) is 76.4 Å². The zero-order valence-electron chi connectivity index (χ0n) is 24.9. The minimum atomic E-state index is -4.42. The van der Waals surface area contributed by atoms with Crippen LogP contribution in [-0.2, 0) is 26.9 Å². The summed E-state index contributed by atoms with van der Waals surface area (Å²) in [6.07, 6.45) is 4.40. The van der Waals surface area contributed by atoms with Gasteiger partial charge >= 0.3 is 0 Å². The second kappa shape index (κ2) is 11.1. The van der Waals surface area contributed by atoms with Gasteiger partial charge in [0.25, 0.3) is 15.9 Å². The molecular formula is C32H31ClN4O7S. The summed E-state index contributed by atoms with van der Waals surface area (Å²) in [6, 6.07) is 14.1. The highest BCUT2D eigenvalue weighted by atomic mass is 35.5. The molecule has 11 nitrogen and oxygen atoms in total. The molecule has 2 atom stereocenters. The van der Waals surface area contributed by atoms with Crippen LogP contribution in [0.1, 0.15) is 41.5 Å². The van der Waals surface area contributed by atoms with Crippen molar-refractivity contribution in [2.75, 3.05) is 38.8 Å². The number of benzene rings is 3. The van der Waals surface area contributed by atoms with E-state index < -0.39 is 27.5 Å². The van der Waals surface area contributed by atoms with Crippen molar-refractivity contribution in [1.82, 2.24) is 14.8 Å². The van der Waals surface area contributed by atoms with Gasteiger partial charge in [-0.1, -0.05) is 11.6 Å². The Kier molecular flexibility index (Phi) is 7.27. The lowest BCUT2D eigenvalue weighted by Gasteiger charge is -2.41. The number of carbonyl (C=O) groups is 1. The highest BCUT2D eigenvalue weighted by Gasteiger charge is 2.63. The minimum Gasteiger partial charge on any atom is -0.497 e. The number of anilines is 1. The molecule has 3 aliphatic heterocycles. The minimum absolute atomic E-state index is 0.0442. The molecule has 3 aromatic carbocycles. The van der Waals surface area contributed by atoms with Crippen molar-refractivity contribution < 1.29 is 31.8 Å². The number of rotatable bonds is 8. The summed E-state index contributed by atoms with van der Waals surface area (Å²) in [6.45, 7) is 0.930. The zero-order valence-corrected chi connectivity index (χ0v) is 26.5. The summed E-state index contributed by atoms with van der Waals surface area (Å²) in [4.78, 5) is 23.8. The van der Waals surface area contributed by atoms with Crippen molar-refractivity contribution in [3.05, 3.63) is 94.7 Å². The molecule has 1 saturated heterocycles. The Labute approximate surface area is 265 Å². The van der Waals surface area contributed by atoms with E-state index >= 15 is 4.79 Å². The Balaban J connectivity index is 1.54. The number of sulfonamides is 1. The molecule has 0 saturated carbocycles. The van der Waals surface area contributed by atoms with E-state index in [-0.39, 0.29) is 17.4 Å². The summed E-state index contributed by atoms with van der Waals surface area (Å²) in [5, 5.41) is 0.347. The standard InChI is InChI=1S/C32H31ClN4O7S/c1-35(2)18-20-15-25(29-28(16-20)43-19-44-29)32(36-13-4-5-27(36)30-34-12-14-42-30)24-17-21(33)6-11-26(24)37(31(32)38)45(39,40)23-9-7-22(41-3)8-10-23/h6-12,14-17,27H,4-5,13,18-19H2,1-3H3. The number of hydrogen-bond donors (Lipinski definition) is 0. The first-order chi connectivity index (χ1) is 21.7. The third kappa shape index (κ3) is 4.58. The van der Waals surface area contributed by atoms with Crippen LogP contribution in [0, 0.1) is 0 Å². The number of aromatic nitrogens is 1. The average Bonchev–Trinajstić information content (AvgIpc) is 3.82. The predicted molar refractivity (Wildman–Crippen MR) is 165 cm³/mol. The monoisotopic (exact) mass is 650 g/mol. The van der Waals surface area contributed by atoms with Crippen LogP contribution in [0.5, 0.6) is 17.2 Å². The van der Waals surface area contributed by atoms with E-state index in [1.54, 1.807) is 36.5 Å². The van der Waals surface area contributed by atoms with Crippen LogP contribution >= 0.6 is 11.6 Å². The SMILES string of the molecule is COc1ccc(S(=O)(=O)N2C(=O)C(c3cc(CN(C)C)cc4c3OCO4)(N3CCCC3c3ncco3)c3cc(Cl)ccc32)cc1. The number of nitrogens with zero attached hydrogens (tertiary/aromatic N) is 4. The molecule has 0 aliphatic carbocycles. The Bertz CT molecular complexity index is 1880. The normalized spacial score (nSPS) is 21.1. The maximum absolute atomic E-state index is 15.5. The van der Waals surface area contributed by atoms with E-state index in [1.165, 1.54) is 25.5 Å². The molecule has 2 unspecified atom stereocenters. The molecule has 0 N–H and O–H groups in total. The Morgan fingerprint density at radius 3 is 2.60 bits per heavy atom. The molecule has 4 heterocycles. The van der Waals surface area contributed by atoms with Gasteiger partial charge in [0.2, 0.25) is 12.7 Å². The fraction of sp³-hybridized carbons (Fsp3) is 0.312. The maximum atomic E-state index is 15.5. The number of oxazole rings is 1. The lowest BCUT2D eigenvalue weighted by molar-refractivity contribution is -0.127. The summed E-state index contributed by atoms with van der Waals surface area (Å²) in [5.74, 6) is 1.08. The van der Waals surface area contributed by atoms with Crippen molar-refractivity contribution in [3.8, 4) is 17.2 Å². The van der Waals surface area contributed by atoms with E-state index in [4.69, 9.17) is 30.2 Å². The van der Waals surface area contributed by atoms with Gasteiger partial charge in [0.05, 0.1) is 29.9 Å². The number of likely N-dealkylation sites (tertiary alicyclic amines) is 1.